The highest BCUT2D eigenvalue weighted by Crippen LogP contribution is 2.22. The lowest BCUT2D eigenvalue weighted by Gasteiger charge is -2.29. The fraction of sp³-hybridized carbons (Fsp3) is 0.562. The normalized spacial score (nSPS) is 10.8. The van der Waals surface area contributed by atoms with Crippen LogP contribution in [-0.2, 0) is 0 Å². The Kier molecular flexibility index (Phi) is 6.29. The molecule has 1 aromatic rings. The molecule has 0 atom stereocenters. The second-order valence-electron chi connectivity index (χ2n) is 5.36. The minimum Gasteiger partial charge on any atom is -0.389 e. The standard InChI is InChI=1S/C16H26N2S/c1-5-6-7-10-18(12(2)3)14-8-9-15(16(17)19)13(4)11-14/h8-9,11-12H,5-7,10H2,1-4H3,(H2,17,19). The molecular formula is C16H26N2S. The number of hydrogen-bond acceptors (Lipinski definition) is 2. The zero-order valence-corrected chi connectivity index (χ0v) is 13.4. The number of anilines is 1. The minimum absolute atomic E-state index is 0.478. The molecule has 0 heterocycles. The molecule has 3 heteroatoms. The molecule has 0 amide bonds. The summed E-state index contributed by atoms with van der Waals surface area (Å²) in [7, 11) is 0. The average molecular weight is 278 g/mol. The highest BCUT2D eigenvalue weighted by molar-refractivity contribution is 7.80. The summed E-state index contributed by atoms with van der Waals surface area (Å²) in [5, 5.41) is 0. The number of rotatable bonds is 7. The number of thiocarbonyl (C=S) groups is 1. The Bertz CT molecular complexity index is 427. The lowest BCUT2D eigenvalue weighted by atomic mass is 10.1. The van der Waals surface area contributed by atoms with Crippen molar-refractivity contribution in [2.45, 2.75) is 53.0 Å². The number of nitrogens with zero attached hydrogens (tertiary/aromatic N) is 1. The van der Waals surface area contributed by atoms with Crippen LogP contribution in [0.4, 0.5) is 5.69 Å². The van der Waals surface area contributed by atoms with E-state index < -0.39 is 0 Å². The summed E-state index contributed by atoms with van der Waals surface area (Å²) >= 11 is 5.06. The summed E-state index contributed by atoms with van der Waals surface area (Å²) in [5.41, 5.74) is 9.12. The van der Waals surface area contributed by atoms with Gasteiger partial charge in [-0.05, 0) is 51.0 Å². The van der Waals surface area contributed by atoms with Crippen LogP contribution in [0.25, 0.3) is 0 Å². The van der Waals surface area contributed by atoms with Crippen molar-refractivity contribution in [3.8, 4) is 0 Å². The zero-order chi connectivity index (χ0) is 14.4. The van der Waals surface area contributed by atoms with Crippen LogP contribution in [0.15, 0.2) is 18.2 Å². The highest BCUT2D eigenvalue weighted by atomic mass is 32.1. The first-order valence-electron chi connectivity index (χ1n) is 7.14. The smallest absolute Gasteiger partial charge is 0.104 e. The maximum absolute atomic E-state index is 5.72. The van der Waals surface area contributed by atoms with Gasteiger partial charge in [0.25, 0.3) is 0 Å². The van der Waals surface area contributed by atoms with E-state index in [4.69, 9.17) is 18.0 Å². The second kappa shape index (κ2) is 7.49. The SMILES string of the molecule is CCCCCN(c1ccc(C(N)=S)c(C)c1)C(C)C. The van der Waals surface area contributed by atoms with E-state index in [-0.39, 0.29) is 0 Å². The summed E-state index contributed by atoms with van der Waals surface area (Å²) in [6.45, 7) is 9.90. The van der Waals surface area contributed by atoms with Gasteiger partial charge in [0.15, 0.2) is 0 Å². The van der Waals surface area contributed by atoms with Gasteiger partial charge in [-0.25, -0.2) is 0 Å². The molecule has 0 spiro atoms. The van der Waals surface area contributed by atoms with E-state index >= 15 is 0 Å². The van der Waals surface area contributed by atoms with Crippen LogP contribution in [0.1, 0.15) is 51.2 Å². The molecular weight excluding hydrogens is 252 g/mol. The molecule has 0 fully saturated rings. The second-order valence-corrected chi connectivity index (χ2v) is 5.80. The molecule has 2 nitrogen and oxygen atoms in total. The Hall–Kier alpha value is -1.09. The monoisotopic (exact) mass is 278 g/mol. The number of nitrogens with two attached hydrogens (primary N) is 1. The highest BCUT2D eigenvalue weighted by Gasteiger charge is 2.12. The molecule has 1 aromatic carbocycles. The van der Waals surface area contributed by atoms with Gasteiger partial charge in [-0.1, -0.05) is 32.0 Å². The van der Waals surface area contributed by atoms with Crippen LogP contribution in [0, 0.1) is 6.92 Å². The van der Waals surface area contributed by atoms with Crippen molar-refractivity contribution >= 4 is 22.9 Å². The molecule has 2 N–H and O–H groups in total. The van der Waals surface area contributed by atoms with Gasteiger partial charge < -0.3 is 10.6 Å². The molecule has 0 aliphatic heterocycles. The number of benzene rings is 1. The summed E-state index contributed by atoms with van der Waals surface area (Å²) < 4.78 is 0. The van der Waals surface area contributed by atoms with Crippen molar-refractivity contribution in [3.63, 3.8) is 0 Å². The molecule has 0 radical (unpaired) electrons. The van der Waals surface area contributed by atoms with Crippen LogP contribution in [0.5, 0.6) is 0 Å². The van der Waals surface area contributed by atoms with E-state index in [2.05, 4.69) is 44.7 Å². The van der Waals surface area contributed by atoms with Crippen molar-refractivity contribution < 1.29 is 0 Å². The van der Waals surface area contributed by atoms with Crippen LogP contribution in [0.2, 0.25) is 0 Å². The first-order chi connectivity index (χ1) is 8.97. The average Bonchev–Trinajstić information content (AvgIpc) is 2.33. The quantitative estimate of drug-likeness (QED) is 0.603. The Morgan fingerprint density at radius 2 is 2.00 bits per heavy atom. The van der Waals surface area contributed by atoms with Crippen molar-refractivity contribution in [2.24, 2.45) is 5.73 Å². The molecule has 0 saturated heterocycles. The number of aryl methyl sites for hydroxylation is 1. The maximum Gasteiger partial charge on any atom is 0.104 e. The summed E-state index contributed by atoms with van der Waals surface area (Å²) in [6, 6.07) is 6.88. The molecule has 106 valence electrons. The van der Waals surface area contributed by atoms with Gasteiger partial charge in [0, 0.05) is 23.8 Å². The predicted octanol–water partition coefficient (Wildman–Crippen LogP) is 4.03. The first kappa shape index (κ1) is 16.0. The van der Waals surface area contributed by atoms with Gasteiger partial charge in [-0.3, -0.25) is 0 Å². The van der Waals surface area contributed by atoms with E-state index in [1.165, 1.54) is 24.9 Å². The minimum atomic E-state index is 0.478. The summed E-state index contributed by atoms with van der Waals surface area (Å²) in [5.74, 6) is 0. The molecule has 0 unspecified atom stereocenters. The van der Waals surface area contributed by atoms with Crippen molar-refractivity contribution in [1.82, 2.24) is 0 Å². The Morgan fingerprint density at radius 1 is 1.32 bits per heavy atom. The summed E-state index contributed by atoms with van der Waals surface area (Å²) in [4.78, 5) is 2.93. The fourth-order valence-corrected chi connectivity index (χ4v) is 2.55. The molecule has 19 heavy (non-hydrogen) atoms. The third-order valence-electron chi connectivity index (χ3n) is 3.43. The van der Waals surface area contributed by atoms with Gasteiger partial charge >= 0.3 is 0 Å². The Labute approximate surface area is 123 Å². The van der Waals surface area contributed by atoms with Crippen molar-refractivity contribution in [2.75, 3.05) is 11.4 Å². The van der Waals surface area contributed by atoms with E-state index in [1.807, 2.05) is 6.07 Å². The third kappa shape index (κ3) is 4.50. The predicted molar refractivity (Wildman–Crippen MR) is 89.1 cm³/mol. The Morgan fingerprint density at radius 3 is 2.47 bits per heavy atom. The summed E-state index contributed by atoms with van der Waals surface area (Å²) in [6.07, 6.45) is 3.78. The van der Waals surface area contributed by atoms with Crippen LogP contribution >= 0.6 is 12.2 Å². The van der Waals surface area contributed by atoms with Gasteiger partial charge in [0.1, 0.15) is 4.99 Å². The Balaban J connectivity index is 2.90. The molecule has 0 aliphatic carbocycles. The molecule has 0 bridgehead atoms. The third-order valence-corrected chi connectivity index (χ3v) is 3.65. The lowest BCUT2D eigenvalue weighted by molar-refractivity contribution is 0.626. The van der Waals surface area contributed by atoms with Gasteiger partial charge in [-0.15, -0.1) is 0 Å². The molecule has 0 aromatic heterocycles. The number of unbranched alkanes of at least 4 members (excludes halogenated alkanes) is 2. The van der Waals surface area contributed by atoms with Gasteiger partial charge in [0.05, 0.1) is 0 Å². The van der Waals surface area contributed by atoms with Crippen molar-refractivity contribution in [3.05, 3.63) is 29.3 Å². The van der Waals surface area contributed by atoms with Crippen LogP contribution < -0.4 is 10.6 Å². The van der Waals surface area contributed by atoms with Gasteiger partial charge in [-0.2, -0.15) is 0 Å². The van der Waals surface area contributed by atoms with E-state index in [0.29, 0.717) is 11.0 Å². The molecule has 0 saturated carbocycles. The van der Waals surface area contributed by atoms with E-state index in [9.17, 15) is 0 Å². The maximum atomic E-state index is 5.72. The number of hydrogen-bond donors (Lipinski definition) is 1. The molecule has 1 rings (SSSR count). The topological polar surface area (TPSA) is 29.3 Å². The zero-order valence-electron chi connectivity index (χ0n) is 12.6. The van der Waals surface area contributed by atoms with Crippen molar-refractivity contribution in [1.29, 1.82) is 0 Å². The first-order valence-corrected chi connectivity index (χ1v) is 7.55. The van der Waals surface area contributed by atoms with Gasteiger partial charge in [0.2, 0.25) is 0 Å². The van der Waals surface area contributed by atoms with E-state index in [0.717, 1.165) is 17.7 Å². The van der Waals surface area contributed by atoms with E-state index in [1.54, 1.807) is 0 Å². The van der Waals surface area contributed by atoms with Crippen LogP contribution in [-0.4, -0.2) is 17.6 Å². The lowest BCUT2D eigenvalue weighted by Crippen LogP contribution is -2.31. The fourth-order valence-electron chi connectivity index (χ4n) is 2.32. The largest absolute Gasteiger partial charge is 0.389 e. The molecule has 0 aliphatic rings. The van der Waals surface area contributed by atoms with Crippen LogP contribution in [0.3, 0.4) is 0 Å².